The molecule has 0 aliphatic rings. The lowest BCUT2D eigenvalue weighted by Crippen LogP contribution is -1.97. The van der Waals surface area contributed by atoms with E-state index in [1.165, 1.54) is 5.56 Å². The Morgan fingerprint density at radius 3 is 2.76 bits per heavy atom. The molecule has 0 spiro atoms. The number of rotatable bonds is 4. The van der Waals surface area contributed by atoms with Crippen LogP contribution in [0.3, 0.4) is 0 Å². The Morgan fingerprint density at radius 1 is 1.08 bits per heavy atom. The third-order valence-corrected chi connectivity index (χ3v) is 4.71. The second kappa shape index (κ2) is 6.78. The molecule has 5 nitrogen and oxygen atoms in total. The topological polar surface area (TPSA) is 63.1 Å². The molecule has 0 bridgehead atoms. The number of aryl methyl sites for hydroxylation is 1. The van der Waals surface area contributed by atoms with Crippen LogP contribution in [0.15, 0.2) is 66.0 Å². The Balaban J connectivity index is 1.68. The van der Waals surface area contributed by atoms with Gasteiger partial charge in [0.05, 0.1) is 11.6 Å². The van der Waals surface area contributed by atoms with Crippen LogP contribution in [0.5, 0.6) is 0 Å². The Kier molecular flexibility index (Phi) is 4.18. The van der Waals surface area contributed by atoms with Gasteiger partial charge in [0, 0.05) is 22.8 Å². The maximum atomic E-state index is 4.55. The van der Waals surface area contributed by atoms with Crippen LogP contribution in [-0.4, -0.2) is 21.2 Å². The number of hydrogen-bond acceptors (Lipinski definition) is 6. The van der Waals surface area contributed by atoms with E-state index < -0.39 is 0 Å². The summed E-state index contributed by atoms with van der Waals surface area (Å²) in [6.07, 6.45) is 5.21. The summed E-state index contributed by atoms with van der Waals surface area (Å²) in [6, 6.07) is 16.2. The zero-order valence-electron chi connectivity index (χ0n) is 13.5. The van der Waals surface area contributed by atoms with E-state index in [4.69, 9.17) is 0 Å². The van der Waals surface area contributed by atoms with Crippen LogP contribution in [0, 0.1) is 6.92 Å². The molecule has 0 unspecified atom stereocenters. The van der Waals surface area contributed by atoms with Crippen molar-refractivity contribution in [1.82, 2.24) is 15.0 Å². The van der Waals surface area contributed by atoms with Gasteiger partial charge in [-0.05, 0) is 24.6 Å². The van der Waals surface area contributed by atoms with E-state index in [2.05, 4.69) is 43.7 Å². The van der Waals surface area contributed by atoms with Gasteiger partial charge >= 0.3 is 0 Å². The Labute approximate surface area is 149 Å². The van der Waals surface area contributed by atoms with Crippen molar-refractivity contribution in [3.05, 3.63) is 72.3 Å². The van der Waals surface area contributed by atoms with Crippen molar-refractivity contribution in [1.29, 1.82) is 0 Å². The molecule has 6 heteroatoms. The lowest BCUT2D eigenvalue weighted by molar-refractivity contribution is 1.09. The first-order chi connectivity index (χ1) is 12.3. The number of hydrazone groups is 1. The molecule has 0 aliphatic heterocycles. The fourth-order valence-corrected chi connectivity index (χ4v) is 3.56. The number of benzene rings is 1. The molecule has 3 aromatic heterocycles. The molecule has 3 heterocycles. The molecule has 1 aromatic carbocycles. The van der Waals surface area contributed by atoms with Crippen molar-refractivity contribution in [2.24, 2.45) is 5.10 Å². The van der Waals surface area contributed by atoms with E-state index >= 15 is 0 Å². The molecule has 0 fully saturated rings. The second-order valence-corrected chi connectivity index (χ2v) is 6.50. The quantitative estimate of drug-likeness (QED) is 0.437. The summed E-state index contributed by atoms with van der Waals surface area (Å²) in [4.78, 5) is 15.2. The molecule has 0 amide bonds. The molecule has 122 valence electrons. The van der Waals surface area contributed by atoms with Crippen LogP contribution in [-0.2, 0) is 0 Å². The van der Waals surface area contributed by atoms with E-state index in [1.54, 1.807) is 29.9 Å². The summed E-state index contributed by atoms with van der Waals surface area (Å²) in [5.41, 5.74) is 5.14. The maximum Gasteiger partial charge on any atom is 0.158 e. The highest BCUT2D eigenvalue weighted by Crippen LogP contribution is 2.35. The molecule has 0 saturated carbocycles. The molecule has 4 rings (SSSR count). The molecule has 25 heavy (non-hydrogen) atoms. The number of thiophene rings is 1. The molecule has 0 saturated heterocycles. The van der Waals surface area contributed by atoms with Gasteiger partial charge in [0.2, 0.25) is 0 Å². The van der Waals surface area contributed by atoms with E-state index in [0.717, 1.165) is 20.7 Å². The summed E-state index contributed by atoms with van der Waals surface area (Å²) < 4.78 is 0. The predicted octanol–water partition coefficient (Wildman–Crippen LogP) is 4.51. The smallest absolute Gasteiger partial charge is 0.158 e. The van der Waals surface area contributed by atoms with Crippen LogP contribution in [0.2, 0.25) is 0 Å². The van der Waals surface area contributed by atoms with Crippen LogP contribution < -0.4 is 5.43 Å². The third-order valence-electron chi connectivity index (χ3n) is 3.63. The molecule has 0 radical (unpaired) electrons. The van der Waals surface area contributed by atoms with E-state index in [0.29, 0.717) is 11.6 Å². The predicted molar refractivity (Wildman–Crippen MR) is 103 cm³/mol. The maximum absolute atomic E-state index is 4.55. The van der Waals surface area contributed by atoms with Gasteiger partial charge in [-0.3, -0.25) is 10.4 Å². The summed E-state index contributed by atoms with van der Waals surface area (Å²) >= 11 is 1.66. The summed E-state index contributed by atoms with van der Waals surface area (Å²) in [6.45, 7) is 1.89. The van der Waals surface area contributed by atoms with Crippen molar-refractivity contribution in [2.45, 2.75) is 6.92 Å². The van der Waals surface area contributed by atoms with Crippen molar-refractivity contribution in [2.75, 3.05) is 5.43 Å². The first-order valence-electron chi connectivity index (χ1n) is 7.82. The standard InChI is InChI=1S/C19H15N5S/c1-13-22-18(24-21-12-14-6-5-9-20-11-14)16-10-17(25-19(16)23-13)15-7-3-2-4-8-15/h2-12H,1H3,(H,22,23,24)/b21-12-. The van der Waals surface area contributed by atoms with Gasteiger partial charge in [-0.15, -0.1) is 11.3 Å². The van der Waals surface area contributed by atoms with Gasteiger partial charge in [-0.1, -0.05) is 36.4 Å². The number of anilines is 1. The normalized spacial score (nSPS) is 11.2. The number of nitrogens with one attached hydrogen (secondary N) is 1. The fraction of sp³-hybridized carbons (Fsp3) is 0.0526. The summed E-state index contributed by atoms with van der Waals surface area (Å²) in [5, 5.41) is 5.25. The average Bonchev–Trinajstić information content (AvgIpc) is 3.07. The minimum absolute atomic E-state index is 0.709. The Bertz CT molecular complexity index is 1030. The fourth-order valence-electron chi connectivity index (χ4n) is 2.48. The Morgan fingerprint density at radius 2 is 1.96 bits per heavy atom. The number of pyridine rings is 1. The van der Waals surface area contributed by atoms with Crippen molar-refractivity contribution in [3.63, 3.8) is 0 Å². The molecular weight excluding hydrogens is 330 g/mol. The van der Waals surface area contributed by atoms with Gasteiger partial charge in [0.15, 0.2) is 5.82 Å². The largest absolute Gasteiger partial charge is 0.264 e. The lowest BCUT2D eigenvalue weighted by Gasteiger charge is -2.02. The number of nitrogens with zero attached hydrogens (tertiary/aromatic N) is 4. The highest BCUT2D eigenvalue weighted by Gasteiger charge is 2.11. The van der Waals surface area contributed by atoms with E-state index in [9.17, 15) is 0 Å². The summed E-state index contributed by atoms with van der Waals surface area (Å²) in [5.74, 6) is 1.43. The summed E-state index contributed by atoms with van der Waals surface area (Å²) in [7, 11) is 0. The lowest BCUT2D eigenvalue weighted by atomic mass is 10.2. The zero-order valence-corrected chi connectivity index (χ0v) is 14.4. The molecular formula is C19H15N5S. The first-order valence-corrected chi connectivity index (χ1v) is 8.64. The minimum Gasteiger partial charge on any atom is -0.264 e. The second-order valence-electron chi connectivity index (χ2n) is 5.47. The van der Waals surface area contributed by atoms with Crippen LogP contribution in [0.25, 0.3) is 20.7 Å². The average molecular weight is 345 g/mol. The number of hydrogen-bond donors (Lipinski definition) is 1. The molecule has 1 N–H and O–H groups in total. The number of fused-ring (bicyclic) bond motifs is 1. The highest BCUT2D eigenvalue weighted by molar-refractivity contribution is 7.21. The van der Waals surface area contributed by atoms with Crippen LogP contribution >= 0.6 is 11.3 Å². The van der Waals surface area contributed by atoms with Crippen molar-refractivity contribution >= 4 is 33.6 Å². The Hall–Kier alpha value is -3.12. The molecule has 0 atom stereocenters. The van der Waals surface area contributed by atoms with Crippen molar-refractivity contribution < 1.29 is 0 Å². The molecule has 0 aliphatic carbocycles. The first kappa shape index (κ1) is 15.4. The van der Waals surface area contributed by atoms with Crippen molar-refractivity contribution in [3.8, 4) is 10.4 Å². The van der Waals surface area contributed by atoms with Gasteiger partial charge in [0.1, 0.15) is 10.7 Å². The van der Waals surface area contributed by atoms with E-state index in [1.807, 2.05) is 37.3 Å². The monoisotopic (exact) mass is 345 g/mol. The SMILES string of the molecule is Cc1nc(N/N=C\c2cccnc2)c2cc(-c3ccccc3)sc2n1. The van der Waals surface area contributed by atoms with Crippen LogP contribution in [0.1, 0.15) is 11.4 Å². The van der Waals surface area contributed by atoms with Crippen LogP contribution in [0.4, 0.5) is 5.82 Å². The minimum atomic E-state index is 0.709. The van der Waals surface area contributed by atoms with Gasteiger partial charge < -0.3 is 0 Å². The highest BCUT2D eigenvalue weighted by atomic mass is 32.1. The van der Waals surface area contributed by atoms with Gasteiger partial charge in [-0.2, -0.15) is 5.10 Å². The van der Waals surface area contributed by atoms with Gasteiger partial charge in [-0.25, -0.2) is 9.97 Å². The van der Waals surface area contributed by atoms with E-state index in [-0.39, 0.29) is 0 Å². The molecule has 4 aromatic rings. The zero-order chi connectivity index (χ0) is 17.1. The number of aromatic nitrogens is 3. The third kappa shape index (κ3) is 3.39. The van der Waals surface area contributed by atoms with Gasteiger partial charge in [0.25, 0.3) is 0 Å².